The van der Waals surface area contributed by atoms with Crippen molar-refractivity contribution in [3.63, 3.8) is 0 Å². The Labute approximate surface area is 161 Å². The lowest BCUT2D eigenvalue weighted by Gasteiger charge is -2.12. The zero-order chi connectivity index (χ0) is 18.6. The van der Waals surface area contributed by atoms with E-state index in [4.69, 9.17) is 21.3 Å². The molecule has 4 aromatic rings. The van der Waals surface area contributed by atoms with Gasteiger partial charge in [-0.1, -0.05) is 11.6 Å². The van der Waals surface area contributed by atoms with Crippen molar-refractivity contribution in [1.82, 2.24) is 19.9 Å². The summed E-state index contributed by atoms with van der Waals surface area (Å²) in [5.74, 6) is 1.98. The highest BCUT2D eigenvalue weighted by Gasteiger charge is 2.12. The number of aromatic nitrogens is 4. The summed E-state index contributed by atoms with van der Waals surface area (Å²) in [6, 6.07) is 11.3. The SMILES string of the molecule is CCOc1ccc2nc(-c3cccnc3)nc(Nc3cncc(Cl)c3)c2c1. The van der Waals surface area contributed by atoms with Crippen molar-refractivity contribution in [2.75, 3.05) is 11.9 Å². The van der Waals surface area contributed by atoms with Crippen LogP contribution in [-0.4, -0.2) is 26.5 Å². The highest BCUT2D eigenvalue weighted by atomic mass is 35.5. The van der Waals surface area contributed by atoms with Crippen LogP contribution in [0.3, 0.4) is 0 Å². The van der Waals surface area contributed by atoms with Crippen LogP contribution in [-0.2, 0) is 0 Å². The maximum Gasteiger partial charge on any atom is 0.163 e. The normalized spacial score (nSPS) is 10.7. The van der Waals surface area contributed by atoms with Crippen LogP contribution < -0.4 is 10.1 Å². The van der Waals surface area contributed by atoms with Gasteiger partial charge in [0.2, 0.25) is 0 Å². The molecule has 0 fully saturated rings. The summed E-state index contributed by atoms with van der Waals surface area (Å²) in [6.07, 6.45) is 6.73. The number of nitrogens with zero attached hydrogens (tertiary/aromatic N) is 4. The molecular formula is C20H16ClN5O. The first kappa shape index (κ1) is 17.2. The second-order valence-electron chi connectivity index (χ2n) is 5.77. The van der Waals surface area contributed by atoms with Crippen LogP contribution in [0.15, 0.2) is 61.2 Å². The van der Waals surface area contributed by atoms with E-state index in [1.165, 1.54) is 0 Å². The molecule has 0 unspecified atom stereocenters. The minimum atomic E-state index is 0.542. The van der Waals surface area contributed by atoms with Crippen LogP contribution >= 0.6 is 11.6 Å². The lowest BCUT2D eigenvalue weighted by Crippen LogP contribution is -2.00. The lowest BCUT2D eigenvalue weighted by atomic mass is 10.2. The highest BCUT2D eigenvalue weighted by Crippen LogP contribution is 2.30. The molecule has 7 heteroatoms. The minimum absolute atomic E-state index is 0.542. The van der Waals surface area contributed by atoms with Crippen LogP contribution in [0, 0.1) is 0 Å². The van der Waals surface area contributed by atoms with Crippen molar-refractivity contribution >= 4 is 34.0 Å². The molecule has 0 saturated carbocycles. The van der Waals surface area contributed by atoms with Gasteiger partial charge in [-0.15, -0.1) is 0 Å². The average molecular weight is 378 g/mol. The maximum absolute atomic E-state index is 6.06. The van der Waals surface area contributed by atoms with E-state index in [9.17, 15) is 0 Å². The van der Waals surface area contributed by atoms with Gasteiger partial charge in [0.05, 0.1) is 29.0 Å². The molecule has 6 nitrogen and oxygen atoms in total. The van der Waals surface area contributed by atoms with Crippen molar-refractivity contribution in [2.24, 2.45) is 0 Å². The number of hydrogen-bond acceptors (Lipinski definition) is 6. The van der Waals surface area contributed by atoms with Gasteiger partial charge >= 0.3 is 0 Å². The van der Waals surface area contributed by atoms with E-state index in [1.54, 1.807) is 30.9 Å². The Morgan fingerprint density at radius 3 is 2.74 bits per heavy atom. The number of benzene rings is 1. The van der Waals surface area contributed by atoms with Gasteiger partial charge in [-0.3, -0.25) is 9.97 Å². The summed E-state index contributed by atoms with van der Waals surface area (Å²) < 4.78 is 5.63. The first-order valence-electron chi connectivity index (χ1n) is 8.45. The largest absolute Gasteiger partial charge is 0.494 e. The van der Waals surface area contributed by atoms with Crippen molar-refractivity contribution in [3.05, 3.63) is 66.2 Å². The number of rotatable bonds is 5. The molecule has 0 bridgehead atoms. The molecule has 0 saturated heterocycles. The number of fused-ring (bicyclic) bond motifs is 1. The van der Waals surface area contributed by atoms with E-state index in [0.717, 1.165) is 27.9 Å². The molecular weight excluding hydrogens is 362 g/mol. The molecule has 0 aliphatic rings. The predicted octanol–water partition coefficient (Wildman–Crippen LogP) is 4.88. The molecule has 1 N–H and O–H groups in total. The van der Waals surface area contributed by atoms with Crippen molar-refractivity contribution in [3.8, 4) is 17.1 Å². The Morgan fingerprint density at radius 1 is 1.04 bits per heavy atom. The quantitative estimate of drug-likeness (QED) is 0.534. The van der Waals surface area contributed by atoms with Gasteiger partial charge in [0.1, 0.15) is 11.6 Å². The molecule has 3 heterocycles. The number of hydrogen-bond donors (Lipinski definition) is 1. The van der Waals surface area contributed by atoms with Crippen LogP contribution in [0.5, 0.6) is 5.75 Å². The van der Waals surface area contributed by atoms with Crippen LogP contribution in [0.1, 0.15) is 6.92 Å². The summed E-state index contributed by atoms with van der Waals surface area (Å²) in [6.45, 7) is 2.53. The Hall–Kier alpha value is -3.25. The Morgan fingerprint density at radius 2 is 1.96 bits per heavy atom. The second-order valence-corrected chi connectivity index (χ2v) is 6.20. The summed E-state index contributed by atoms with van der Waals surface area (Å²) in [7, 11) is 0. The Balaban J connectivity index is 1.87. The zero-order valence-electron chi connectivity index (χ0n) is 14.6. The standard InChI is InChI=1S/C20H16ClN5O/c1-2-27-16-5-6-18-17(9-16)20(24-15-8-14(21)11-23-12-15)26-19(25-18)13-4-3-7-22-10-13/h3-12H,2H2,1H3,(H,24,25,26). The van der Waals surface area contributed by atoms with Gasteiger partial charge in [0.25, 0.3) is 0 Å². The summed E-state index contributed by atoms with van der Waals surface area (Å²) in [5, 5.41) is 4.68. The molecule has 0 spiro atoms. The van der Waals surface area contributed by atoms with E-state index in [-0.39, 0.29) is 0 Å². The molecule has 1 aromatic carbocycles. The zero-order valence-corrected chi connectivity index (χ0v) is 15.3. The highest BCUT2D eigenvalue weighted by molar-refractivity contribution is 6.30. The number of pyridine rings is 2. The van der Waals surface area contributed by atoms with Gasteiger partial charge in [-0.05, 0) is 43.3 Å². The third-order valence-corrected chi connectivity index (χ3v) is 4.07. The number of ether oxygens (including phenoxy) is 1. The minimum Gasteiger partial charge on any atom is -0.494 e. The van der Waals surface area contributed by atoms with Crippen molar-refractivity contribution in [1.29, 1.82) is 0 Å². The van der Waals surface area contributed by atoms with E-state index in [1.807, 2.05) is 37.3 Å². The molecule has 134 valence electrons. The topological polar surface area (TPSA) is 72.8 Å². The Kier molecular flexibility index (Phi) is 4.80. The monoisotopic (exact) mass is 377 g/mol. The summed E-state index contributed by atoms with van der Waals surface area (Å²) in [4.78, 5) is 17.7. The molecule has 0 aliphatic carbocycles. The smallest absolute Gasteiger partial charge is 0.163 e. The number of nitrogens with one attached hydrogen (secondary N) is 1. The second kappa shape index (κ2) is 7.55. The molecule has 0 radical (unpaired) electrons. The van der Waals surface area contributed by atoms with E-state index in [2.05, 4.69) is 20.3 Å². The first-order chi connectivity index (χ1) is 13.2. The fourth-order valence-electron chi connectivity index (χ4n) is 2.70. The number of halogens is 1. The first-order valence-corrected chi connectivity index (χ1v) is 8.83. The van der Waals surface area contributed by atoms with Gasteiger partial charge < -0.3 is 10.1 Å². The Bertz CT molecular complexity index is 1090. The van der Waals surface area contributed by atoms with Gasteiger partial charge in [0.15, 0.2) is 5.82 Å². The number of anilines is 2. The van der Waals surface area contributed by atoms with Crippen LogP contribution in [0.4, 0.5) is 11.5 Å². The van der Waals surface area contributed by atoms with Crippen molar-refractivity contribution < 1.29 is 4.74 Å². The molecule has 0 aliphatic heterocycles. The van der Waals surface area contributed by atoms with Crippen molar-refractivity contribution in [2.45, 2.75) is 6.92 Å². The van der Waals surface area contributed by atoms with Crippen LogP contribution in [0.2, 0.25) is 5.02 Å². The fourth-order valence-corrected chi connectivity index (χ4v) is 2.87. The lowest BCUT2D eigenvalue weighted by molar-refractivity contribution is 0.340. The molecule has 3 aromatic heterocycles. The average Bonchev–Trinajstić information content (AvgIpc) is 2.69. The summed E-state index contributed by atoms with van der Waals surface area (Å²) in [5.41, 5.74) is 2.37. The third-order valence-electron chi connectivity index (χ3n) is 3.87. The van der Waals surface area contributed by atoms with Gasteiger partial charge in [-0.25, -0.2) is 9.97 Å². The molecule has 4 rings (SSSR count). The fraction of sp³-hybridized carbons (Fsp3) is 0.100. The summed E-state index contributed by atoms with van der Waals surface area (Å²) >= 11 is 6.06. The van der Waals surface area contributed by atoms with Gasteiger partial charge in [0, 0.05) is 29.5 Å². The van der Waals surface area contributed by atoms with Gasteiger partial charge in [-0.2, -0.15) is 0 Å². The third kappa shape index (κ3) is 3.80. The molecule has 0 amide bonds. The predicted molar refractivity (Wildman–Crippen MR) is 106 cm³/mol. The van der Waals surface area contributed by atoms with E-state index >= 15 is 0 Å². The molecule has 27 heavy (non-hydrogen) atoms. The van der Waals surface area contributed by atoms with E-state index < -0.39 is 0 Å². The van der Waals surface area contributed by atoms with E-state index in [0.29, 0.717) is 23.3 Å². The van der Waals surface area contributed by atoms with Crippen LogP contribution in [0.25, 0.3) is 22.3 Å². The maximum atomic E-state index is 6.06. The molecule has 0 atom stereocenters.